The summed E-state index contributed by atoms with van der Waals surface area (Å²) in [5.74, 6) is 0. The molecule has 0 heterocycles. The first-order chi connectivity index (χ1) is 9.95. The first kappa shape index (κ1) is 18.3. The normalized spacial score (nSPS) is 12.9. The van der Waals surface area contributed by atoms with Crippen LogP contribution < -0.4 is 5.32 Å². The van der Waals surface area contributed by atoms with Crippen molar-refractivity contribution in [1.82, 2.24) is 5.32 Å². The van der Waals surface area contributed by atoms with E-state index in [4.69, 9.17) is 16.3 Å². The number of alkyl halides is 2. The minimum Gasteiger partial charge on any atom is -0.375 e. The minimum atomic E-state index is -2.41. The van der Waals surface area contributed by atoms with Crippen molar-refractivity contribution in [3.63, 3.8) is 0 Å². The number of rotatable bonds is 9. The van der Waals surface area contributed by atoms with E-state index in [9.17, 15) is 8.78 Å². The molecule has 1 unspecified atom stereocenters. The van der Waals surface area contributed by atoms with Gasteiger partial charge in [0.15, 0.2) is 0 Å². The second-order valence-electron chi connectivity index (χ2n) is 5.22. The number of hydrogen-bond acceptors (Lipinski definition) is 2. The molecule has 0 saturated carbocycles. The Kier molecular flexibility index (Phi) is 8.15. The number of benzene rings is 1. The number of aryl methyl sites for hydroxylation is 2. The number of hydrogen-bond donors (Lipinski definition) is 1. The fourth-order valence-electron chi connectivity index (χ4n) is 2.24. The van der Waals surface area contributed by atoms with Crippen molar-refractivity contribution in [2.45, 2.75) is 46.1 Å². The van der Waals surface area contributed by atoms with Crippen LogP contribution in [0.5, 0.6) is 0 Å². The molecule has 1 rings (SSSR count). The predicted octanol–water partition coefficient (Wildman–Crippen LogP) is 4.67. The van der Waals surface area contributed by atoms with E-state index in [0.717, 1.165) is 34.7 Å². The monoisotopic (exact) mass is 319 g/mol. The molecule has 0 fully saturated rings. The molecule has 0 aliphatic rings. The summed E-state index contributed by atoms with van der Waals surface area (Å²) in [5, 5.41) is 4.20. The van der Waals surface area contributed by atoms with E-state index in [-0.39, 0.29) is 6.04 Å². The molecule has 1 atom stereocenters. The maximum absolute atomic E-state index is 12.1. The molecule has 1 aromatic carbocycles. The molecule has 0 radical (unpaired) electrons. The van der Waals surface area contributed by atoms with Gasteiger partial charge < -0.3 is 10.1 Å². The van der Waals surface area contributed by atoms with Gasteiger partial charge in [-0.05, 0) is 56.0 Å². The summed E-state index contributed by atoms with van der Waals surface area (Å²) >= 11 is 6.13. The van der Waals surface area contributed by atoms with Gasteiger partial charge in [-0.25, -0.2) is 8.78 Å². The average molecular weight is 320 g/mol. The van der Waals surface area contributed by atoms with Crippen molar-refractivity contribution in [3.05, 3.63) is 33.8 Å². The average Bonchev–Trinajstić information content (AvgIpc) is 2.42. The molecular weight excluding hydrogens is 296 g/mol. The quantitative estimate of drug-likeness (QED) is 0.668. The zero-order valence-electron chi connectivity index (χ0n) is 12.9. The van der Waals surface area contributed by atoms with Crippen LogP contribution in [-0.4, -0.2) is 26.2 Å². The van der Waals surface area contributed by atoms with E-state index >= 15 is 0 Å². The maximum atomic E-state index is 12.1. The van der Waals surface area contributed by atoms with Crippen LogP contribution in [0.4, 0.5) is 8.78 Å². The van der Waals surface area contributed by atoms with E-state index in [1.165, 1.54) is 0 Å². The van der Waals surface area contributed by atoms with Crippen molar-refractivity contribution in [3.8, 4) is 0 Å². The van der Waals surface area contributed by atoms with Gasteiger partial charge >= 0.3 is 0 Å². The van der Waals surface area contributed by atoms with Crippen molar-refractivity contribution in [2.75, 3.05) is 19.8 Å². The van der Waals surface area contributed by atoms with E-state index in [0.29, 0.717) is 13.0 Å². The standard InChI is InChI=1S/C16H24ClF2NO/c1-4-6-20-15(5-7-21-10-16(18)19)13-8-12(3)14(17)9-11(13)2/h8-9,15-16,20H,4-7,10H2,1-3H3. The maximum Gasteiger partial charge on any atom is 0.261 e. The summed E-state index contributed by atoms with van der Waals surface area (Å²) in [5.41, 5.74) is 3.29. The third kappa shape index (κ3) is 6.29. The molecule has 1 N–H and O–H groups in total. The Hall–Kier alpha value is -0.710. The van der Waals surface area contributed by atoms with Crippen LogP contribution >= 0.6 is 11.6 Å². The van der Waals surface area contributed by atoms with Crippen LogP contribution in [-0.2, 0) is 4.74 Å². The fraction of sp³-hybridized carbons (Fsp3) is 0.625. The number of nitrogens with one attached hydrogen (secondary N) is 1. The van der Waals surface area contributed by atoms with Crippen LogP contribution in [0, 0.1) is 13.8 Å². The molecule has 0 amide bonds. The van der Waals surface area contributed by atoms with E-state index in [1.54, 1.807) is 0 Å². The Balaban J connectivity index is 2.74. The lowest BCUT2D eigenvalue weighted by molar-refractivity contribution is 0.0143. The van der Waals surface area contributed by atoms with E-state index < -0.39 is 13.0 Å². The molecule has 0 saturated heterocycles. The number of ether oxygens (including phenoxy) is 1. The lowest BCUT2D eigenvalue weighted by atomic mass is 9.96. The van der Waals surface area contributed by atoms with Gasteiger partial charge in [0.05, 0.1) is 0 Å². The van der Waals surface area contributed by atoms with Gasteiger partial charge in [-0.2, -0.15) is 0 Å². The first-order valence-corrected chi connectivity index (χ1v) is 7.69. The molecule has 0 spiro atoms. The summed E-state index contributed by atoms with van der Waals surface area (Å²) in [6.07, 6.45) is -0.735. The second kappa shape index (κ2) is 9.34. The van der Waals surface area contributed by atoms with E-state index in [1.807, 2.05) is 19.9 Å². The first-order valence-electron chi connectivity index (χ1n) is 7.31. The Bertz CT molecular complexity index is 441. The molecule has 0 aliphatic heterocycles. The van der Waals surface area contributed by atoms with Crippen LogP contribution in [0.2, 0.25) is 5.02 Å². The highest BCUT2D eigenvalue weighted by atomic mass is 35.5. The zero-order chi connectivity index (χ0) is 15.8. The van der Waals surface area contributed by atoms with Gasteiger partial charge in [0.2, 0.25) is 0 Å². The Morgan fingerprint density at radius 3 is 2.57 bits per heavy atom. The van der Waals surface area contributed by atoms with Gasteiger partial charge in [-0.15, -0.1) is 0 Å². The molecule has 0 aliphatic carbocycles. The SMILES string of the molecule is CCCNC(CCOCC(F)F)c1cc(C)c(Cl)cc1C. The lowest BCUT2D eigenvalue weighted by Crippen LogP contribution is -2.24. The Morgan fingerprint density at radius 2 is 1.95 bits per heavy atom. The van der Waals surface area contributed by atoms with Crippen molar-refractivity contribution in [2.24, 2.45) is 0 Å². The molecule has 21 heavy (non-hydrogen) atoms. The summed E-state index contributed by atoms with van der Waals surface area (Å²) in [6, 6.07) is 4.11. The lowest BCUT2D eigenvalue weighted by Gasteiger charge is -2.22. The highest BCUT2D eigenvalue weighted by Gasteiger charge is 2.15. The van der Waals surface area contributed by atoms with Gasteiger partial charge in [0, 0.05) is 17.7 Å². The van der Waals surface area contributed by atoms with Gasteiger partial charge in [0.1, 0.15) is 6.61 Å². The third-order valence-electron chi connectivity index (χ3n) is 3.36. The molecule has 2 nitrogen and oxygen atoms in total. The Labute approximate surface area is 130 Å². The highest BCUT2D eigenvalue weighted by molar-refractivity contribution is 6.31. The molecule has 5 heteroatoms. The van der Waals surface area contributed by atoms with Crippen LogP contribution in [0.1, 0.15) is 42.5 Å². The topological polar surface area (TPSA) is 21.3 Å². The third-order valence-corrected chi connectivity index (χ3v) is 3.77. The predicted molar refractivity (Wildman–Crippen MR) is 83.4 cm³/mol. The molecule has 0 bridgehead atoms. The van der Waals surface area contributed by atoms with Crippen LogP contribution in [0.15, 0.2) is 12.1 Å². The van der Waals surface area contributed by atoms with Gasteiger partial charge in [-0.3, -0.25) is 0 Å². The second-order valence-corrected chi connectivity index (χ2v) is 5.63. The van der Waals surface area contributed by atoms with Gasteiger partial charge in [0.25, 0.3) is 6.43 Å². The van der Waals surface area contributed by atoms with Crippen LogP contribution in [0.3, 0.4) is 0 Å². The van der Waals surface area contributed by atoms with Crippen LogP contribution in [0.25, 0.3) is 0 Å². The largest absolute Gasteiger partial charge is 0.375 e. The van der Waals surface area contributed by atoms with Gasteiger partial charge in [-0.1, -0.05) is 24.6 Å². The molecule has 0 aromatic heterocycles. The van der Waals surface area contributed by atoms with E-state index in [2.05, 4.69) is 18.3 Å². The zero-order valence-corrected chi connectivity index (χ0v) is 13.6. The summed E-state index contributed by atoms with van der Waals surface area (Å²) in [4.78, 5) is 0. The van der Waals surface area contributed by atoms with Crippen molar-refractivity contribution < 1.29 is 13.5 Å². The summed E-state index contributed by atoms with van der Waals surface area (Å²) in [7, 11) is 0. The van der Waals surface area contributed by atoms with Crippen molar-refractivity contribution in [1.29, 1.82) is 0 Å². The highest BCUT2D eigenvalue weighted by Crippen LogP contribution is 2.27. The smallest absolute Gasteiger partial charge is 0.261 e. The Morgan fingerprint density at radius 1 is 1.24 bits per heavy atom. The summed E-state index contributed by atoms with van der Waals surface area (Å²) < 4.78 is 29.2. The molecule has 1 aromatic rings. The summed E-state index contributed by atoms with van der Waals surface area (Å²) in [6.45, 7) is 6.76. The fourth-order valence-corrected chi connectivity index (χ4v) is 2.46. The number of halogens is 3. The molecule has 120 valence electrons. The minimum absolute atomic E-state index is 0.0959. The molecular formula is C16H24ClF2NO. The van der Waals surface area contributed by atoms with Crippen molar-refractivity contribution >= 4 is 11.6 Å².